The van der Waals surface area contributed by atoms with Crippen LogP contribution in [0.3, 0.4) is 0 Å². The number of β-lactam (4-membered cyclic amide) rings is 1. The van der Waals surface area contributed by atoms with Gasteiger partial charge in [0.25, 0.3) is 5.91 Å². The maximum Gasteiger partial charge on any atom is 0.358 e. The van der Waals surface area contributed by atoms with E-state index < -0.39 is 73.0 Å². The van der Waals surface area contributed by atoms with Crippen molar-refractivity contribution in [1.82, 2.24) is 24.8 Å². The summed E-state index contributed by atoms with van der Waals surface area (Å²) >= 11 is 1.55. The maximum atomic E-state index is 12.9. The molecule has 258 valence electrons. The number of amides is 1. The summed E-state index contributed by atoms with van der Waals surface area (Å²) in [6.07, 6.45) is 7.62. The van der Waals surface area contributed by atoms with Gasteiger partial charge in [0.1, 0.15) is 21.9 Å². The fourth-order valence-corrected chi connectivity index (χ4v) is 11.6. The Labute approximate surface area is 276 Å². The van der Waals surface area contributed by atoms with Crippen LogP contribution in [-0.4, -0.2) is 131 Å². The van der Waals surface area contributed by atoms with Crippen molar-refractivity contribution in [2.45, 2.75) is 98.5 Å². The van der Waals surface area contributed by atoms with Crippen LogP contribution in [0.4, 0.5) is 0 Å². The van der Waals surface area contributed by atoms with Gasteiger partial charge in [-0.25, -0.2) is 22.7 Å². The number of hydrogen-bond acceptors (Lipinski definition) is 12. The van der Waals surface area contributed by atoms with Gasteiger partial charge in [-0.05, 0) is 40.5 Å². The van der Waals surface area contributed by atoms with E-state index in [9.17, 15) is 42.6 Å². The molecule has 5 heterocycles. The molecule has 47 heavy (non-hydrogen) atoms. The van der Waals surface area contributed by atoms with Crippen LogP contribution in [0.1, 0.15) is 70.3 Å². The number of carbonyl (C=O) groups excluding carboxylic acids is 3. The van der Waals surface area contributed by atoms with Crippen LogP contribution in [-0.2, 0) is 40.3 Å². The Morgan fingerprint density at radius 1 is 1.11 bits per heavy atom. The molecule has 2 N–H and O–H groups in total. The van der Waals surface area contributed by atoms with Crippen molar-refractivity contribution in [3.05, 3.63) is 11.9 Å². The minimum atomic E-state index is -3.93. The lowest BCUT2D eigenvalue weighted by Gasteiger charge is -2.41. The van der Waals surface area contributed by atoms with Crippen LogP contribution in [0.15, 0.2) is 11.2 Å². The molecule has 5 fully saturated rings. The molecule has 1 saturated carbocycles. The van der Waals surface area contributed by atoms with Gasteiger partial charge in [-0.3, -0.25) is 19.4 Å². The quantitative estimate of drug-likeness (QED) is 0.166. The number of carboxylic acid groups (broad SMARTS) is 2. The number of fused-ring (bicyclic) bond motifs is 2. The van der Waals surface area contributed by atoms with Gasteiger partial charge in [0.2, 0.25) is 0 Å². The molecule has 6 rings (SSSR count). The van der Waals surface area contributed by atoms with Gasteiger partial charge >= 0.3 is 17.9 Å². The summed E-state index contributed by atoms with van der Waals surface area (Å²) in [6.45, 7) is 8.36. The molecule has 0 radical (unpaired) electrons. The number of ketones is 1. The topological polar surface area (TPSA) is 219 Å². The Kier molecular flexibility index (Phi) is 9.49. The zero-order valence-corrected chi connectivity index (χ0v) is 28.3. The number of carboxylic acids is 2. The van der Waals surface area contributed by atoms with Crippen molar-refractivity contribution in [2.75, 3.05) is 19.7 Å². The monoisotopic (exact) mass is 696 g/mol. The summed E-state index contributed by atoms with van der Waals surface area (Å²) in [6, 6.07) is -1.17. The molecule has 0 spiro atoms. The highest BCUT2D eigenvalue weighted by atomic mass is 32.2. The van der Waals surface area contributed by atoms with Gasteiger partial charge in [-0.1, -0.05) is 18.1 Å². The molecule has 1 amide bonds. The molecule has 4 aliphatic heterocycles. The summed E-state index contributed by atoms with van der Waals surface area (Å²) < 4.78 is 29.4. The molecule has 2 unspecified atom stereocenters. The van der Waals surface area contributed by atoms with Crippen LogP contribution in [0, 0.1) is 11.8 Å². The van der Waals surface area contributed by atoms with Gasteiger partial charge in [0.15, 0.2) is 21.6 Å². The number of aromatic nitrogens is 3. The number of esters is 1. The van der Waals surface area contributed by atoms with Crippen molar-refractivity contribution in [1.29, 1.82) is 0 Å². The van der Waals surface area contributed by atoms with Crippen molar-refractivity contribution >= 4 is 57.5 Å². The molecule has 0 bridgehead atoms. The van der Waals surface area contributed by atoms with Gasteiger partial charge in [-0.15, -0.1) is 16.9 Å². The lowest BCUT2D eigenvalue weighted by atomic mass is 9.70. The molecular weight excluding hydrogens is 656 g/mol. The Balaban J connectivity index is 0.000000186. The van der Waals surface area contributed by atoms with Crippen molar-refractivity contribution in [3.8, 4) is 0 Å². The molecule has 18 heteroatoms. The SMILES string of the molecule is CC1(C)S[C@@H]2[C@H](N=CN3CCCCCC3)C(=O)N2[C@H]1C(=O)O.CCOC(=O)c1cnnn1C[C@@]1(C)[C@H](C(=O)O)C2C(=O)CC2S1(=O)=O. The second-order valence-electron chi connectivity index (χ2n) is 13.2. The molecular formula is C29H40N6O10S2. The van der Waals surface area contributed by atoms with Crippen molar-refractivity contribution in [3.63, 3.8) is 0 Å². The summed E-state index contributed by atoms with van der Waals surface area (Å²) in [5.74, 6) is -5.99. The number of Topliss-reactive ketones (excluding diaryl/α,β-unsaturated/α-hetero) is 1. The highest BCUT2D eigenvalue weighted by Gasteiger charge is 2.71. The molecule has 4 saturated heterocycles. The third-order valence-corrected chi connectivity index (χ3v) is 14.2. The van der Waals surface area contributed by atoms with E-state index in [2.05, 4.69) is 20.2 Å². The number of hydrogen-bond donors (Lipinski definition) is 2. The lowest BCUT2D eigenvalue weighted by molar-refractivity contribution is -0.158. The number of likely N-dealkylation sites (tertiary alicyclic amines) is 1. The summed E-state index contributed by atoms with van der Waals surface area (Å²) in [5, 5.41) is 25.1. The second kappa shape index (κ2) is 12.8. The highest BCUT2D eigenvalue weighted by molar-refractivity contribution is 8.01. The predicted molar refractivity (Wildman–Crippen MR) is 167 cm³/mol. The molecule has 1 aromatic rings. The van der Waals surface area contributed by atoms with Crippen LogP contribution < -0.4 is 0 Å². The lowest BCUT2D eigenvalue weighted by Crippen LogP contribution is -2.65. The van der Waals surface area contributed by atoms with E-state index >= 15 is 0 Å². The molecule has 5 aliphatic rings. The Bertz CT molecular complexity index is 1590. The van der Waals surface area contributed by atoms with E-state index in [-0.39, 0.29) is 35.8 Å². The number of aliphatic imine (C=N–C) groups is 1. The van der Waals surface area contributed by atoms with Crippen molar-refractivity contribution < 1.29 is 47.3 Å². The number of thioether (sulfide) groups is 1. The van der Waals surface area contributed by atoms with Crippen molar-refractivity contribution in [2.24, 2.45) is 16.8 Å². The fourth-order valence-electron chi connectivity index (χ4n) is 7.26. The smallest absolute Gasteiger partial charge is 0.358 e. The summed E-state index contributed by atoms with van der Waals surface area (Å²) in [4.78, 5) is 67.4. The van der Waals surface area contributed by atoms with E-state index in [0.29, 0.717) is 0 Å². The minimum absolute atomic E-state index is 0.0759. The van der Waals surface area contributed by atoms with Gasteiger partial charge in [0.05, 0.1) is 36.9 Å². The highest BCUT2D eigenvalue weighted by Crippen LogP contribution is 2.54. The first-order valence-electron chi connectivity index (χ1n) is 15.6. The zero-order chi connectivity index (χ0) is 34.5. The average molecular weight is 697 g/mol. The number of carbonyl (C=O) groups is 5. The second-order valence-corrected chi connectivity index (χ2v) is 17.6. The molecule has 1 aromatic heterocycles. The number of rotatable bonds is 8. The van der Waals surface area contributed by atoms with Crippen LogP contribution in [0.5, 0.6) is 0 Å². The predicted octanol–water partition coefficient (Wildman–Crippen LogP) is 0.707. The van der Waals surface area contributed by atoms with E-state index in [1.807, 2.05) is 20.2 Å². The van der Waals surface area contributed by atoms with E-state index in [1.54, 1.807) is 18.7 Å². The number of ether oxygens (including phenoxy) is 1. The summed E-state index contributed by atoms with van der Waals surface area (Å²) in [7, 11) is -3.93. The molecule has 1 aliphatic carbocycles. The standard InChI is InChI=1S/C15H23N3O3S.C14H17N3O7S/c1-15(2)11(14(20)21)18-12(19)10(13(18)22-15)16-9-17-7-5-3-4-6-8-17;1-3-24-13(21)7-5-15-16-17(7)6-14(2)11(12(19)20)10-8(18)4-9(10)25(14,22)23/h9-11,13H,3-8H2,1-2H3,(H,20,21);5,9-11H,3-4,6H2,1-2H3,(H,19,20)/t10-,11+,13-;9?,10?,11-,14-/m10/s1. The minimum Gasteiger partial charge on any atom is -0.481 e. The van der Waals surface area contributed by atoms with Gasteiger partial charge in [0, 0.05) is 30.2 Å². The zero-order valence-electron chi connectivity index (χ0n) is 26.6. The van der Waals surface area contributed by atoms with Gasteiger partial charge < -0.3 is 24.7 Å². The van der Waals surface area contributed by atoms with E-state index in [0.717, 1.165) is 24.0 Å². The third kappa shape index (κ3) is 5.91. The number of nitrogens with zero attached hydrogens (tertiary/aromatic N) is 6. The van der Waals surface area contributed by atoms with E-state index in [4.69, 9.17) is 4.74 Å². The molecule has 0 aromatic carbocycles. The maximum absolute atomic E-state index is 12.9. The Morgan fingerprint density at radius 2 is 1.77 bits per heavy atom. The fraction of sp³-hybridized carbons (Fsp3) is 0.724. The number of aliphatic carboxylic acids is 2. The van der Waals surface area contributed by atoms with Crippen LogP contribution in [0.2, 0.25) is 0 Å². The Morgan fingerprint density at radius 3 is 2.34 bits per heavy atom. The number of sulfone groups is 1. The summed E-state index contributed by atoms with van der Waals surface area (Å²) in [5.41, 5.74) is -0.0759. The third-order valence-electron chi connectivity index (χ3n) is 9.75. The van der Waals surface area contributed by atoms with E-state index in [1.165, 1.54) is 37.5 Å². The van der Waals surface area contributed by atoms with Crippen LogP contribution >= 0.6 is 11.8 Å². The molecule has 16 nitrogen and oxygen atoms in total. The average Bonchev–Trinajstić information content (AvgIpc) is 3.47. The first kappa shape index (κ1) is 34.8. The Hall–Kier alpha value is -3.54. The normalized spacial score (nSPS) is 33.5. The van der Waals surface area contributed by atoms with Gasteiger partial charge in [-0.2, -0.15) is 0 Å². The first-order chi connectivity index (χ1) is 22.1. The van der Waals surface area contributed by atoms with Crippen LogP contribution in [0.25, 0.3) is 0 Å². The molecule has 7 atom stereocenters. The first-order valence-corrected chi connectivity index (χ1v) is 18.0. The largest absolute Gasteiger partial charge is 0.481 e.